The number of sulfonamides is 1. The molecule has 6 nitrogen and oxygen atoms in total. The number of hydrogen-bond donors (Lipinski definition) is 1. The molecule has 1 aliphatic carbocycles. The molecule has 1 fully saturated rings. The quantitative estimate of drug-likeness (QED) is 0.764. The third-order valence-corrected chi connectivity index (χ3v) is 7.74. The number of anilines is 2. The van der Waals surface area contributed by atoms with Crippen LogP contribution in [0.3, 0.4) is 0 Å². The molecular formula is C21H26N2O4S. The van der Waals surface area contributed by atoms with E-state index in [2.05, 4.69) is 5.32 Å². The SMILES string of the molecule is CCOc1ccc(NC(=O)C2(S(=O)(=O)N(C)c3ccccc3)CCCC2)cc1. The monoisotopic (exact) mass is 402 g/mol. The first-order valence-corrected chi connectivity index (χ1v) is 10.9. The van der Waals surface area contributed by atoms with Crippen molar-refractivity contribution >= 4 is 27.3 Å². The molecule has 0 heterocycles. The Balaban J connectivity index is 1.87. The summed E-state index contributed by atoms with van der Waals surface area (Å²) in [5, 5.41) is 2.81. The number of ether oxygens (including phenoxy) is 1. The van der Waals surface area contributed by atoms with Gasteiger partial charge in [0.25, 0.3) is 0 Å². The van der Waals surface area contributed by atoms with E-state index in [1.807, 2.05) is 13.0 Å². The fourth-order valence-corrected chi connectivity index (χ4v) is 5.65. The number of nitrogens with one attached hydrogen (secondary N) is 1. The summed E-state index contributed by atoms with van der Waals surface area (Å²) in [5.74, 6) is 0.226. The number of carbonyl (C=O) groups is 1. The maximum atomic E-state index is 13.5. The van der Waals surface area contributed by atoms with Crippen molar-refractivity contribution in [2.24, 2.45) is 0 Å². The number of nitrogens with zero attached hydrogens (tertiary/aromatic N) is 1. The van der Waals surface area contributed by atoms with Gasteiger partial charge in [0.15, 0.2) is 4.75 Å². The van der Waals surface area contributed by atoms with Crippen LogP contribution in [-0.2, 0) is 14.8 Å². The summed E-state index contributed by atoms with van der Waals surface area (Å²) in [6, 6.07) is 15.8. The summed E-state index contributed by atoms with van der Waals surface area (Å²) < 4.78 is 32.1. The normalized spacial score (nSPS) is 15.8. The molecule has 0 radical (unpaired) electrons. The minimum absolute atomic E-state index is 0.315. The molecule has 0 aromatic heterocycles. The Morgan fingerprint density at radius 1 is 1.07 bits per heavy atom. The average Bonchev–Trinajstić information content (AvgIpc) is 3.22. The maximum Gasteiger partial charge on any atom is 0.249 e. The molecule has 0 bridgehead atoms. The average molecular weight is 403 g/mol. The minimum atomic E-state index is -3.89. The van der Waals surface area contributed by atoms with Crippen LogP contribution in [0.15, 0.2) is 54.6 Å². The van der Waals surface area contributed by atoms with Gasteiger partial charge in [-0.15, -0.1) is 0 Å². The number of rotatable bonds is 7. The molecule has 1 aliphatic rings. The number of para-hydroxylation sites is 1. The van der Waals surface area contributed by atoms with Gasteiger partial charge in [-0.3, -0.25) is 9.10 Å². The fraction of sp³-hybridized carbons (Fsp3) is 0.381. The van der Waals surface area contributed by atoms with Crippen molar-refractivity contribution in [3.8, 4) is 5.75 Å². The van der Waals surface area contributed by atoms with E-state index in [-0.39, 0.29) is 0 Å². The summed E-state index contributed by atoms with van der Waals surface area (Å²) in [5.41, 5.74) is 1.10. The Kier molecular flexibility index (Phi) is 5.93. The van der Waals surface area contributed by atoms with Crippen molar-refractivity contribution in [3.05, 3.63) is 54.6 Å². The number of benzene rings is 2. The van der Waals surface area contributed by atoms with Crippen molar-refractivity contribution in [2.75, 3.05) is 23.3 Å². The second-order valence-corrected chi connectivity index (χ2v) is 9.20. The van der Waals surface area contributed by atoms with Gasteiger partial charge < -0.3 is 10.1 Å². The van der Waals surface area contributed by atoms with Crippen molar-refractivity contribution in [1.82, 2.24) is 0 Å². The van der Waals surface area contributed by atoms with Gasteiger partial charge in [-0.1, -0.05) is 31.0 Å². The molecule has 150 valence electrons. The van der Waals surface area contributed by atoms with Crippen LogP contribution >= 0.6 is 0 Å². The first-order chi connectivity index (χ1) is 13.4. The zero-order valence-corrected chi connectivity index (χ0v) is 17.0. The molecule has 1 saturated carbocycles. The Morgan fingerprint density at radius 3 is 2.25 bits per heavy atom. The van der Waals surface area contributed by atoms with E-state index in [1.165, 1.54) is 11.4 Å². The van der Waals surface area contributed by atoms with Gasteiger partial charge in [-0.05, 0) is 56.2 Å². The van der Waals surface area contributed by atoms with Crippen LogP contribution in [0.4, 0.5) is 11.4 Å². The Bertz CT molecular complexity index is 905. The Labute approximate surface area is 166 Å². The van der Waals surface area contributed by atoms with E-state index in [9.17, 15) is 13.2 Å². The first-order valence-electron chi connectivity index (χ1n) is 9.48. The Morgan fingerprint density at radius 2 is 1.68 bits per heavy atom. The molecule has 1 amide bonds. The van der Waals surface area contributed by atoms with Gasteiger partial charge in [-0.25, -0.2) is 8.42 Å². The van der Waals surface area contributed by atoms with E-state index >= 15 is 0 Å². The van der Waals surface area contributed by atoms with Crippen LogP contribution in [0.1, 0.15) is 32.6 Å². The summed E-state index contributed by atoms with van der Waals surface area (Å²) in [7, 11) is -2.38. The fourth-order valence-electron chi connectivity index (χ4n) is 3.63. The van der Waals surface area contributed by atoms with Crippen LogP contribution < -0.4 is 14.4 Å². The number of amides is 1. The smallest absolute Gasteiger partial charge is 0.249 e. The summed E-state index contributed by atoms with van der Waals surface area (Å²) in [6.45, 7) is 2.45. The van der Waals surface area contributed by atoms with Crippen LogP contribution in [0, 0.1) is 0 Å². The second kappa shape index (κ2) is 8.22. The second-order valence-electron chi connectivity index (χ2n) is 6.92. The van der Waals surface area contributed by atoms with Crippen molar-refractivity contribution in [1.29, 1.82) is 0 Å². The molecule has 0 spiro atoms. The largest absolute Gasteiger partial charge is 0.494 e. The van der Waals surface area contributed by atoms with Crippen LogP contribution in [0.25, 0.3) is 0 Å². The summed E-state index contributed by atoms with van der Waals surface area (Å²) in [6.07, 6.45) is 2.04. The van der Waals surface area contributed by atoms with Gasteiger partial charge in [0.1, 0.15) is 5.75 Å². The molecule has 28 heavy (non-hydrogen) atoms. The lowest BCUT2D eigenvalue weighted by Crippen LogP contribution is -2.53. The van der Waals surface area contributed by atoms with Gasteiger partial charge in [-0.2, -0.15) is 0 Å². The van der Waals surface area contributed by atoms with Gasteiger partial charge in [0.05, 0.1) is 12.3 Å². The Hall–Kier alpha value is -2.54. The molecule has 7 heteroatoms. The lowest BCUT2D eigenvalue weighted by atomic mass is 10.1. The van der Waals surface area contributed by atoms with Gasteiger partial charge in [0, 0.05) is 12.7 Å². The number of carbonyl (C=O) groups excluding carboxylic acids is 1. The zero-order valence-electron chi connectivity index (χ0n) is 16.2. The molecule has 2 aromatic rings. The minimum Gasteiger partial charge on any atom is -0.494 e. The molecule has 0 aliphatic heterocycles. The van der Waals surface area contributed by atoms with Gasteiger partial charge in [0.2, 0.25) is 15.9 Å². The topological polar surface area (TPSA) is 75.7 Å². The molecule has 0 unspecified atom stereocenters. The van der Waals surface area contributed by atoms with E-state index in [4.69, 9.17) is 4.74 Å². The zero-order chi connectivity index (χ0) is 20.2. The maximum absolute atomic E-state index is 13.5. The van der Waals surface area contributed by atoms with E-state index in [0.29, 0.717) is 49.4 Å². The number of hydrogen-bond acceptors (Lipinski definition) is 4. The molecule has 2 aromatic carbocycles. The highest BCUT2D eigenvalue weighted by molar-refractivity contribution is 7.95. The van der Waals surface area contributed by atoms with Crippen molar-refractivity contribution < 1.29 is 17.9 Å². The highest BCUT2D eigenvalue weighted by atomic mass is 32.2. The third kappa shape index (κ3) is 3.71. The van der Waals surface area contributed by atoms with Gasteiger partial charge >= 0.3 is 0 Å². The lowest BCUT2D eigenvalue weighted by molar-refractivity contribution is -0.118. The summed E-state index contributed by atoms with van der Waals surface area (Å²) >= 11 is 0. The molecule has 0 saturated heterocycles. The van der Waals surface area contributed by atoms with Crippen molar-refractivity contribution in [2.45, 2.75) is 37.4 Å². The summed E-state index contributed by atoms with van der Waals surface area (Å²) in [4.78, 5) is 13.2. The van der Waals surface area contributed by atoms with Crippen molar-refractivity contribution in [3.63, 3.8) is 0 Å². The van der Waals surface area contributed by atoms with E-state index in [0.717, 1.165) is 0 Å². The predicted molar refractivity (Wildman–Crippen MR) is 111 cm³/mol. The highest BCUT2D eigenvalue weighted by Gasteiger charge is 2.54. The van der Waals surface area contributed by atoms with Crippen LogP contribution in [0.2, 0.25) is 0 Å². The molecule has 3 rings (SSSR count). The lowest BCUT2D eigenvalue weighted by Gasteiger charge is -2.33. The van der Waals surface area contributed by atoms with E-state index in [1.54, 1.807) is 48.5 Å². The predicted octanol–water partition coefficient (Wildman–Crippen LogP) is 3.80. The third-order valence-electron chi connectivity index (χ3n) is 5.22. The molecule has 1 N–H and O–H groups in total. The van der Waals surface area contributed by atoms with Crippen LogP contribution in [-0.4, -0.2) is 32.7 Å². The highest BCUT2D eigenvalue weighted by Crippen LogP contribution is 2.40. The van der Waals surface area contributed by atoms with E-state index < -0.39 is 20.7 Å². The van der Waals surface area contributed by atoms with Crippen LogP contribution in [0.5, 0.6) is 5.75 Å². The molecule has 0 atom stereocenters. The standard InChI is InChI=1S/C21H26N2O4S/c1-3-27-19-13-11-17(12-14-19)22-20(24)21(15-7-8-16-21)28(25,26)23(2)18-9-5-4-6-10-18/h4-6,9-14H,3,7-8,15-16H2,1-2H3,(H,22,24). The molecular weight excluding hydrogens is 376 g/mol. The first kappa shape index (κ1) is 20.2.